The first-order chi connectivity index (χ1) is 6.77. The second-order valence-electron chi connectivity index (χ2n) is 2.82. The van der Waals surface area contributed by atoms with E-state index in [9.17, 15) is 5.11 Å². The number of thiazole rings is 1. The van der Waals surface area contributed by atoms with Gasteiger partial charge in [-0.25, -0.2) is 4.98 Å². The molecular weight excluding hydrogens is 218 g/mol. The highest BCUT2D eigenvalue weighted by Crippen LogP contribution is 2.24. The van der Waals surface area contributed by atoms with Crippen LogP contribution in [-0.4, -0.2) is 10.1 Å². The van der Waals surface area contributed by atoms with Gasteiger partial charge in [0.15, 0.2) is 0 Å². The van der Waals surface area contributed by atoms with E-state index >= 15 is 0 Å². The zero-order chi connectivity index (χ0) is 9.97. The van der Waals surface area contributed by atoms with Gasteiger partial charge in [-0.2, -0.15) is 0 Å². The van der Waals surface area contributed by atoms with E-state index in [1.54, 1.807) is 30.5 Å². The van der Waals surface area contributed by atoms with Gasteiger partial charge in [0.05, 0.1) is 0 Å². The van der Waals surface area contributed by atoms with Gasteiger partial charge in [0.1, 0.15) is 11.1 Å². The number of hydrogen-bond acceptors (Lipinski definition) is 3. The van der Waals surface area contributed by atoms with Crippen molar-refractivity contribution in [2.75, 3.05) is 0 Å². The molecule has 1 aromatic carbocycles. The fraction of sp³-hybridized carbons (Fsp3) is 0.100. The highest BCUT2D eigenvalue weighted by molar-refractivity contribution is 7.09. The molecule has 1 heterocycles. The lowest BCUT2D eigenvalue weighted by atomic mass is 10.1. The van der Waals surface area contributed by atoms with Crippen molar-refractivity contribution in [3.05, 3.63) is 51.4 Å². The summed E-state index contributed by atoms with van der Waals surface area (Å²) < 4.78 is 0. The number of hydrogen-bond donors (Lipinski definition) is 1. The maximum atomic E-state index is 9.88. The third kappa shape index (κ3) is 1.95. The molecule has 0 bridgehead atoms. The Morgan fingerprint density at radius 1 is 1.29 bits per heavy atom. The molecule has 0 saturated heterocycles. The summed E-state index contributed by atoms with van der Waals surface area (Å²) in [5, 5.41) is 13.1. The topological polar surface area (TPSA) is 33.1 Å². The van der Waals surface area contributed by atoms with Gasteiger partial charge in [0.2, 0.25) is 0 Å². The predicted octanol–water partition coefficient (Wildman–Crippen LogP) is 2.88. The Kier molecular flexibility index (Phi) is 2.82. The van der Waals surface area contributed by atoms with Gasteiger partial charge in [-0.3, -0.25) is 0 Å². The Morgan fingerprint density at radius 3 is 2.57 bits per heavy atom. The standard InChI is InChI=1S/C10H8ClNOS/c11-8-3-1-7(2-4-8)9(13)10-12-5-6-14-10/h1-6,9,13H/t9-/m0/s1. The van der Waals surface area contributed by atoms with Crippen LogP contribution in [0.3, 0.4) is 0 Å². The molecule has 0 radical (unpaired) electrons. The van der Waals surface area contributed by atoms with Crippen LogP contribution in [0.15, 0.2) is 35.8 Å². The van der Waals surface area contributed by atoms with E-state index < -0.39 is 6.10 Å². The van der Waals surface area contributed by atoms with Gasteiger partial charge in [-0.15, -0.1) is 11.3 Å². The van der Waals surface area contributed by atoms with Crippen molar-refractivity contribution in [2.24, 2.45) is 0 Å². The van der Waals surface area contributed by atoms with Gasteiger partial charge in [-0.1, -0.05) is 23.7 Å². The summed E-state index contributed by atoms with van der Waals surface area (Å²) in [5.41, 5.74) is 0.810. The summed E-state index contributed by atoms with van der Waals surface area (Å²) in [6.45, 7) is 0. The zero-order valence-electron chi connectivity index (χ0n) is 7.22. The molecule has 1 N–H and O–H groups in total. The lowest BCUT2D eigenvalue weighted by Crippen LogP contribution is -1.97. The van der Waals surface area contributed by atoms with Crippen molar-refractivity contribution >= 4 is 22.9 Å². The summed E-state index contributed by atoms with van der Waals surface area (Å²) in [6, 6.07) is 7.12. The summed E-state index contributed by atoms with van der Waals surface area (Å²) in [6.07, 6.45) is 1.03. The van der Waals surface area contributed by atoms with Crippen LogP contribution in [0.2, 0.25) is 5.02 Å². The zero-order valence-corrected chi connectivity index (χ0v) is 8.79. The van der Waals surface area contributed by atoms with Crippen molar-refractivity contribution < 1.29 is 5.11 Å². The van der Waals surface area contributed by atoms with E-state index in [0.717, 1.165) is 5.56 Å². The molecule has 0 unspecified atom stereocenters. The van der Waals surface area contributed by atoms with Crippen LogP contribution in [0, 0.1) is 0 Å². The van der Waals surface area contributed by atoms with Crippen LogP contribution in [-0.2, 0) is 0 Å². The molecule has 1 atom stereocenters. The number of nitrogens with zero attached hydrogens (tertiary/aromatic N) is 1. The van der Waals surface area contributed by atoms with Crippen molar-refractivity contribution in [1.29, 1.82) is 0 Å². The second kappa shape index (κ2) is 4.09. The number of rotatable bonds is 2. The number of aromatic nitrogens is 1. The molecule has 0 aliphatic rings. The number of benzene rings is 1. The Bertz CT molecular complexity index is 399. The van der Waals surface area contributed by atoms with Crippen LogP contribution in [0.25, 0.3) is 0 Å². The Morgan fingerprint density at radius 2 is 2.00 bits per heavy atom. The average molecular weight is 226 g/mol. The first-order valence-corrected chi connectivity index (χ1v) is 5.36. The molecule has 0 fully saturated rings. The molecule has 0 amide bonds. The number of aliphatic hydroxyl groups is 1. The monoisotopic (exact) mass is 225 g/mol. The van der Waals surface area contributed by atoms with Gasteiger partial charge in [-0.05, 0) is 17.7 Å². The Hall–Kier alpha value is -0.900. The molecule has 72 valence electrons. The largest absolute Gasteiger partial charge is 0.381 e. The normalized spacial score (nSPS) is 12.7. The quantitative estimate of drug-likeness (QED) is 0.853. The van der Waals surface area contributed by atoms with Crippen LogP contribution in [0.4, 0.5) is 0 Å². The van der Waals surface area contributed by atoms with Gasteiger partial charge in [0.25, 0.3) is 0 Å². The lowest BCUT2D eigenvalue weighted by molar-refractivity contribution is 0.220. The minimum absolute atomic E-state index is 0.646. The molecule has 2 rings (SSSR count). The molecular formula is C10H8ClNOS. The highest BCUT2D eigenvalue weighted by Gasteiger charge is 2.11. The maximum absolute atomic E-state index is 9.88. The molecule has 0 aliphatic heterocycles. The summed E-state index contributed by atoms with van der Waals surface area (Å²) >= 11 is 7.18. The van der Waals surface area contributed by atoms with Gasteiger partial charge >= 0.3 is 0 Å². The molecule has 2 nitrogen and oxygen atoms in total. The van der Waals surface area contributed by atoms with E-state index in [2.05, 4.69) is 4.98 Å². The maximum Gasteiger partial charge on any atom is 0.131 e. The first-order valence-electron chi connectivity index (χ1n) is 4.10. The fourth-order valence-corrected chi connectivity index (χ4v) is 1.93. The van der Waals surface area contributed by atoms with Crippen molar-refractivity contribution in [3.63, 3.8) is 0 Å². The minimum Gasteiger partial charge on any atom is -0.381 e. The molecule has 0 aliphatic carbocycles. The third-order valence-corrected chi connectivity index (χ3v) is 2.95. The molecule has 1 aromatic heterocycles. The van der Waals surface area contributed by atoms with E-state index in [1.807, 2.05) is 5.38 Å². The molecule has 4 heteroatoms. The summed E-state index contributed by atoms with van der Waals surface area (Å²) in [4.78, 5) is 4.05. The molecule has 0 spiro atoms. The van der Waals surface area contributed by atoms with Crippen LogP contribution in [0.1, 0.15) is 16.7 Å². The van der Waals surface area contributed by atoms with E-state index in [1.165, 1.54) is 11.3 Å². The van der Waals surface area contributed by atoms with E-state index in [-0.39, 0.29) is 0 Å². The molecule has 2 aromatic rings. The highest BCUT2D eigenvalue weighted by atomic mass is 35.5. The van der Waals surface area contributed by atoms with Gasteiger partial charge in [0, 0.05) is 16.6 Å². The van der Waals surface area contributed by atoms with Crippen LogP contribution >= 0.6 is 22.9 Å². The number of halogens is 1. The third-order valence-electron chi connectivity index (χ3n) is 1.87. The average Bonchev–Trinajstić information content (AvgIpc) is 2.71. The smallest absolute Gasteiger partial charge is 0.131 e. The van der Waals surface area contributed by atoms with E-state index in [4.69, 9.17) is 11.6 Å². The van der Waals surface area contributed by atoms with Gasteiger partial charge < -0.3 is 5.11 Å². The minimum atomic E-state index is -0.646. The predicted molar refractivity (Wildman–Crippen MR) is 57.6 cm³/mol. The fourth-order valence-electron chi connectivity index (χ4n) is 1.16. The van der Waals surface area contributed by atoms with Crippen molar-refractivity contribution in [3.8, 4) is 0 Å². The van der Waals surface area contributed by atoms with Crippen molar-refractivity contribution in [2.45, 2.75) is 6.10 Å². The Labute approximate surface area is 90.8 Å². The summed E-state index contributed by atoms with van der Waals surface area (Å²) in [5.74, 6) is 0. The second-order valence-corrected chi connectivity index (χ2v) is 4.19. The van der Waals surface area contributed by atoms with Crippen LogP contribution < -0.4 is 0 Å². The first kappa shape index (κ1) is 9.65. The molecule has 0 saturated carbocycles. The van der Waals surface area contributed by atoms with E-state index in [0.29, 0.717) is 10.0 Å². The molecule has 14 heavy (non-hydrogen) atoms. The lowest BCUT2D eigenvalue weighted by Gasteiger charge is -2.07. The number of aliphatic hydroxyl groups excluding tert-OH is 1. The van der Waals surface area contributed by atoms with Crippen molar-refractivity contribution in [1.82, 2.24) is 4.98 Å². The summed E-state index contributed by atoms with van der Waals surface area (Å²) in [7, 11) is 0. The van der Waals surface area contributed by atoms with Crippen LogP contribution in [0.5, 0.6) is 0 Å². The SMILES string of the molecule is O[C@@H](c1ccc(Cl)cc1)c1nccs1. The Balaban J connectivity index is 2.28.